The lowest BCUT2D eigenvalue weighted by Gasteiger charge is -2.32. The second-order valence-electron chi connectivity index (χ2n) is 7.96. The standard InChI is InChI=1S/C24H26N2O2/c1-16(2)15-26-13-12-18-4-3-5-21-23(18)20(14-25-21)24(26)19-9-6-17(7-10-19)8-11-22(27)28/h3-11,14,16,24-25H,12-13,15H2,1-2H3,(H,27,28)/b11-8+. The number of hydrogen-bond acceptors (Lipinski definition) is 2. The summed E-state index contributed by atoms with van der Waals surface area (Å²) in [6.07, 6.45) is 6.02. The highest BCUT2D eigenvalue weighted by molar-refractivity contribution is 5.88. The van der Waals surface area contributed by atoms with Crippen LogP contribution in [0.1, 0.15) is 42.1 Å². The highest BCUT2D eigenvalue weighted by atomic mass is 16.4. The normalized spacial score (nSPS) is 17.5. The lowest BCUT2D eigenvalue weighted by molar-refractivity contribution is -0.131. The van der Waals surface area contributed by atoms with Crippen LogP contribution in [0.4, 0.5) is 0 Å². The monoisotopic (exact) mass is 374 g/mol. The van der Waals surface area contributed by atoms with Crippen LogP contribution in [0.25, 0.3) is 17.0 Å². The molecule has 4 nitrogen and oxygen atoms in total. The SMILES string of the molecule is CC(C)CN1CCc2cccc3[nH]cc(c23)C1c1ccc(/C=C/C(=O)O)cc1. The predicted molar refractivity (Wildman–Crippen MR) is 113 cm³/mol. The van der Waals surface area contributed by atoms with E-state index >= 15 is 0 Å². The summed E-state index contributed by atoms with van der Waals surface area (Å²) in [5, 5.41) is 10.2. The number of rotatable bonds is 5. The quantitative estimate of drug-likeness (QED) is 0.627. The number of H-pyrrole nitrogens is 1. The summed E-state index contributed by atoms with van der Waals surface area (Å²) in [6, 6.07) is 15.0. The van der Waals surface area contributed by atoms with Crippen molar-refractivity contribution in [2.45, 2.75) is 26.3 Å². The van der Waals surface area contributed by atoms with E-state index in [1.54, 1.807) is 6.08 Å². The van der Waals surface area contributed by atoms with Crippen LogP contribution in [0, 0.1) is 5.92 Å². The van der Waals surface area contributed by atoms with Crippen LogP contribution >= 0.6 is 0 Å². The Morgan fingerprint density at radius 1 is 1.25 bits per heavy atom. The van der Waals surface area contributed by atoms with Gasteiger partial charge in [0.1, 0.15) is 0 Å². The molecule has 1 aromatic heterocycles. The Labute approximate surface area is 165 Å². The van der Waals surface area contributed by atoms with Gasteiger partial charge in [0.15, 0.2) is 0 Å². The first-order chi connectivity index (χ1) is 13.5. The van der Waals surface area contributed by atoms with Gasteiger partial charge in [-0.25, -0.2) is 4.79 Å². The van der Waals surface area contributed by atoms with E-state index in [0.717, 1.165) is 25.1 Å². The number of nitrogens with one attached hydrogen (secondary N) is 1. The number of carboxylic acid groups (broad SMARTS) is 1. The van der Waals surface area contributed by atoms with Gasteiger partial charge in [0, 0.05) is 36.3 Å². The Bertz CT molecular complexity index is 1010. The largest absolute Gasteiger partial charge is 0.478 e. The Balaban J connectivity index is 1.78. The molecule has 0 aliphatic carbocycles. The van der Waals surface area contributed by atoms with E-state index in [4.69, 9.17) is 5.11 Å². The minimum atomic E-state index is -0.928. The molecule has 28 heavy (non-hydrogen) atoms. The number of aromatic nitrogens is 1. The zero-order valence-electron chi connectivity index (χ0n) is 16.4. The zero-order chi connectivity index (χ0) is 19.7. The summed E-state index contributed by atoms with van der Waals surface area (Å²) in [6.45, 7) is 6.59. The van der Waals surface area contributed by atoms with Gasteiger partial charge >= 0.3 is 5.97 Å². The third-order valence-corrected chi connectivity index (χ3v) is 5.42. The minimum absolute atomic E-state index is 0.192. The number of carboxylic acids is 1. The molecule has 1 aliphatic rings. The molecule has 2 N–H and O–H groups in total. The van der Waals surface area contributed by atoms with Crippen molar-refractivity contribution in [1.82, 2.24) is 9.88 Å². The van der Waals surface area contributed by atoms with Crippen molar-refractivity contribution in [2.75, 3.05) is 13.1 Å². The van der Waals surface area contributed by atoms with Gasteiger partial charge in [-0.3, -0.25) is 4.90 Å². The fraction of sp³-hybridized carbons (Fsp3) is 0.292. The first-order valence-corrected chi connectivity index (χ1v) is 9.87. The van der Waals surface area contributed by atoms with Crippen molar-refractivity contribution in [3.05, 3.63) is 77.0 Å². The maximum atomic E-state index is 10.8. The summed E-state index contributed by atoms with van der Waals surface area (Å²) in [5.74, 6) is -0.349. The van der Waals surface area contributed by atoms with Crippen LogP contribution in [-0.4, -0.2) is 34.0 Å². The predicted octanol–water partition coefficient (Wildman–Crippen LogP) is 4.87. The van der Waals surface area contributed by atoms with Gasteiger partial charge in [-0.1, -0.05) is 50.2 Å². The van der Waals surface area contributed by atoms with Gasteiger partial charge in [-0.2, -0.15) is 0 Å². The Morgan fingerprint density at radius 2 is 2.04 bits per heavy atom. The molecular formula is C24H26N2O2. The van der Waals surface area contributed by atoms with E-state index in [1.807, 2.05) is 12.1 Å². The summed E-state index contributed by atoms with van der Waals surface area (Å²) < 4.78 is 0. The van der Waals surface area contributed by atoms with E-state index in [-0.39, 0.29) is 6.04 Å². The second-order valence-corrected chi connectivity index (χ2v) is 7.96. The average molecular weight is 374 g/mol. The molecule has 2 heterocycles. The molecule has 0 amide bonds. The molecule has 4 rings (SSSR count). The van der Waals surface area contributed by atoms with Crippen LogP contribution in [0.2, 0.25) is 0 Å². The van der Waals surface area contributed by atoms with Crippen LogP contribution in [-0.2, 0) is 11.2 Å². The van der Waals surface area contributed by atoms with Crippen molar-refractivity contribution >= 4 is 22.9 Å². The molecular weight excluding hydrogens is 348 g/mol. The topological polar surface area (TPSA) is 56.3 Å². The van der Waals surface area contributed by atoms with Crippen molar-refractivity contribution in [3.63, 3.8) is 0 Å². The van der Waals surface area contributed by atoms with Crippen molar-refractivity contribution in [3.8, 4) is 0 Å². The maximum Gasteiger partial charge on any atom is 0.328 e. The second kappa shape index (κ2) is 7.64. The molecule has 0 radical (unpaired) electrons. The summed E-state index contributed by atoms with van der Waals surface area (Å²) >= 11 is 0. The third-order valence-electron chi connectivity index (χ3n) is 5.42. The number of aromatic amines is 1. The highest BCUT2D eigenvalue weighted by Gasteiger charge is 2.29. The molecule has 3 aromatic rings. The van der Waals surface area contributed by atoms with Crippen LogP contribution in [0.3, 0.4) is 0 Å². The fourth-order valence-corrected chi connectivity index (χ4v) is 4.32. The number of carbonyl (C=O) groups is 1. The summed E-state index contributed by atoms with van der Waals surface area (Å²) in [4.78, 5) is 16.8. The first-order valence-electron chi connectivity index (χ1n) is 9.87. The van der Waals surface area contributed by atoms with Gasteiger partial charge in [-0.05, 0) is 46.7 Å². The Hall–Kier alpha value is -2.85. The summed E-state index contributed by atoms with van der Waals surface area (Å²) in [5.41, 5.74) is 6.08. The number of benzene rings is 2. The van der Waals surface area contributed by atoms with E-state index in [9.17, 15) is 4.79 Å². The van der Waals surface area contributed by atoms with Gasteiger partial charge in [0.05, 0.1) is 6.04 Å². The molecule has 144 valence electrons. The van der Waals surface area contributed by atoms with Gasteiger partial charge < -0.3 is 10.1 Å². The van der Waals surface area contributed by atoms with E-state index < -0.39 is 5.97 Å². The number of nitrogens with zero attached hydrogens (tertiary/aromatic N) is 1. The van der Waals surface area contributed by atoms with E-state index in [0.29, 0.717) is 5.92 Å². The van der Waals surface area contributed by atoms with E-state index in [1.165, 1.54) is 33.7 Å². The molecule has 0 fully saturated rings. The molecule has 0 saturated heterocycles. The van der Waals surface area contributed by atoms with Crippen LogP contribution < -0.4 is 0 Å². The van der Waals surface area contributed by atoms with Crippen molar-refractivity contribution in [1.29, 1.82) is 0 Å². The lowest BCUT2D eigenvalue weighted by Crippen LogP contribution is -2.33. The van der Waals surface area contributed by atoms with Gasteiger partial charge in [0.2, 0.25) is 0 Å². The minimum Gasteiger partial charge on any atom is -0.478 e. The smallest absolute Gasteiger partial charge is 0.328 e. The van der Waals surface area contributed by atoms with Gasteiger partial charge in [0.25, 0.3) is 0 Å². The molecule has 2 aromatic carbocycles. The maximum absolute atomic E-state index is 10.8. The number of aliphatic carboxylic acids is 1. The molecule has 1 unspecified atom stereocenters. The van der Waals surface area contributed by atoms with Crippen LogP contribution in [0.5, 0.6) is 0 Å². The molecule has 0 saturated carbocycles. The molecule has 1 atom stereocenters. The zero-order valence-corrected chi connectivity index (χ0v) is 16.4. The third kappa shape index (κ3) is 3.60. The Kier molecular flexibility index (Phi) is 5.05. The van der Waals surface area contributed by atoms with Crippen molar-refractivity contribution in [2.24, 2.45) is 5.92 Å². The average Bonchev–Trinajstić information content (AvgIpc) is 3.02. The summed E-state index contributed by atoms with van der Waals surface area (Å²) in [7, 11) is 0. The van der Waals surface area contributed by atoms with Crippen LogP contribution in [0.15, 0.2) is 54.7 Å². The lowest BCUT2D eigenvalue weighted by atomic mass is 9.95. The molecule has 0 spiro atoms. The number of hydrogen-bond donors (Lipinski definition) is 2. The fourth-order valence-electron chi connectivity index (χ4n) is 4.32. The van der Waals surface area contributed by atoms with Crippen molar-refractivity contribution < 1.29 is 9.90 Å². The first kappa shape index (κ1) is 18.5. The Morgan fingerprint density at radius 3 is 2.75 bits per heavy atom. The highest BCUT2D eigenvalue weighted by Crippen LogP contribution is 2.38. The molecule has 4 heteroatoms. The molecule has 1 aliphatic heterocycles. The van der Waals surface area contributed by atoms with Gasteiger partial charge in [-0.15, -0.1) is 0 Å². The van der Waals surface area contributed by atoms with E-state index in [2.05, 4.69) is 60.3 Å². The molecule has 0 bridgehead atoms.